The van der Waals surface area contributed by atoms with Crippen molar-refractivity contribution in [1.29, 1.82) is 0 Å². The third-order valence-corrected chi connectivity index (χ3v) is 5.94. The Morgan fingerprint density at radius 3 is 2.44 bits per heavy atom. The summed E-state index contributed by atoms with van der Waals surface area (Å²) in [4.78, 5) is 9.43. The average Bonchev–Trinajstić information content (AvgIpc) is 2.76. The van der Waals surface area contributed by atoms with E-state index in [0.29, 0.717) is 18.6 Å². The standard InChI is InChI=1S/C24H43N5O2.HI/c1-7-31-23-17-20(10-11-22(23)30-6)9-8-12-26-24(25-4)27-18-21(19(2)3)29-15-13-28(5)14-16-29;/h10-11,17,19,21H,7-9,12-16,18H2,1-6H3,(H2,25,26,27);1H. The largest absolute Gasteiger partial charge is 0.493 e. The number of aryl methyl sites for hydroxylation is 1. The fourth-order valence-corrected chi connectivity index (χ4v) is 4.01. The maximum absolute atomic E-state index is 5.68. The van der Waals surface area contributed by atoms with Crippen LogP contribution in [0, 0.1) is 5.92 Å². The Morgan fingerprint density at radius 1 is 1.12 bits per heavy atom. The summed E-state index contributed by atoms with van der Waals surface area (Å²) in [5.41, 5.74) is 1.25. The fraction of sp³-hybridized carbons (Fsp3) is 0.708. The second kappa shape index (κ2) is 15.6. The molecule has 1 unspecified atom stereocenters. The number of rotatable bonds is 11. The number of hydrogen-bond donors (Lipinski definition) is 2. The van der Waals surface area contributed by atoms with Crippen LogP contribution in [-0.2, 0) is 6.42 Å². The Morgan fingerprint density at radius 2 is 1.84 bits per heavy atom. The van der Waals surface area contributed by atoms with Gasteiger partial charge in [-0.05, 0) is 50.4 Å². The number of hydrogen-bond acceptors (Lipinski definition) is 5. The molecule has 1 saturated heterocycles. The lowest BCUT2D eigenvalue weighted by Crippen LogP contribution is -2.55. The molecule has 1 aromatic rings. The molecule has 0 bridgehead atoms. The highest BCUT2D eigenvalue weighted by molar-refractivity contribution is 14.0. The molecule has 1 aromatic carbocycles. The lowest BCUT2D eigenvalue weighted by Gasteiger charge is -2.40. The first-order chi connectivity index (χ1) is 15.0. The molecule has 1 aliphatic rings. The second-order valence-electron chi connectivity index (χ2n) is 8.55. The minimum atomic E-state index is 0. The van der Waals surface area contributed by atoms with E-state index in [9.17, 15) is 0 Å². The predicted molar refractivity (Wildman–Crippen MR) is 145 cm³/mol. The first-order valence-electron chi connectivity index (χ1n) is 11.6. The molecule has 7 nitrogen and oxygen atoms in total. The number of benzene rings is 1. The number of ether oxygens (including phenoxy) is 2. The van der Waals surface area contributed by atoms with Crippen LogP contribution in [0.5, 0.6) is 11.5 Å². The van der Waals surface area contributed by atoms with Crippen molar-refractivity contribution in [3.63, 3.8) is 0 Å². The van der Waals surface area contributed by atoms with E-state index < -0.39 is 0 Å². The van der Waals surface area contributed by atoms with E-state index in [2.05, 4.69) is 58.5 Å². The maximum Gasteiger partial charge on any atom is 0.191 e. The minimum Gasteiger partial charge on any atom is -0.493 e. The number of likely N-dealkylation sites (N-methyl/N-ethyl adjacent to an activating group) is 1. The van der Waals surface area contributed by atoms with Crippen molar-refractivity contribution in [3.05, 3.63) is 23.8 Å². The normalized spacial score (nSPS) is 16.4. The van der Waals surface area contributed by atoms with Gasteiger partial charge in [0.15, 0.2) is 17.5 Å². The molecule has 0 spiro atoms. The lowest BCUT2D eigenvalue weighted by atomic mass is 10.0. The molecule has 1 heterocycles. The molecule has 1 aliphatic heterocycles. The second-order valence-corrected chi connectivity index (χ2v) is 8.55. The van der Waals surface area contributed by atoms with E-state index in [0.717, 1.165) is 69.6 Å². The molecule has 0 radical (unpaired) electrons. The number of methoxy groups -OCH3 is 1. The highest BCUT2D eigenvalue weighted by Gasteiger charge is 2.25. The molecule has 1 fully saturated rings. The predicted octanol–water partition coefficient (Wildman–Crippen LogP) is 3.08. The summed E-state index contributed by atoms with van der Waals surface area (Å²) < 4.78 is 11.1. The van der Waals surface area contributed by atoms with Gasteiger partial charge in [0.1, 0.15) is 0 Å². The van der Waals surface area contributed by atoms with Crippen LogP contribution in [0.4, 0.5) is 0 Å². The Balaban J connectivity index is 0.00000512. The van der Waals surface area contributed by atoms with Crippen molar-refractivity contribution < 1.29 is 9.47 Å². The van der Waals surface area contributed by atoms with E-state index in [-0.39, 0.29) is 24.0 Å². The van der Waals surface area contributed by atoms with Gasteiger partial charge in [-0.1, -0.05) is 19.9 Å². The summed E-state index contributed by atoms with van der Waals surface area (Å²) in [6.07, 6.45) is 1.99. The molecule has 184 valence electrons. The van der Waals surface area contributed by atoms with Crippen molar-refractivity contribution in [1.82, 2.24) is 20.4 Å². The number of nitrogens with one attached hydrogen (secondary N) is 2. The number of piperazine rings is 1. The third-order valence-electron chi connectivity index (χ3n) is 5.94. The lowest BCUT2D eigenvalue weighted by molar-refractivity contribution is 0.0900. The van der Waals surface area contributed by atoms with Crippen LogP contribution in [0.2, 0.25) is 0 Å². The summed E-state index contributed by atoms with van der Waals surface area (Å²) in [7, 11) is 5.72. The smallest absolute Gasteiger partial charge is 0.191 e. The number of aliphatic imine (C=N–C) groups is 1. The van der Waals surface area contributed by atoms with Crippen molar-refractivity contribution in [3.8, 4) is 11.5 Å². The highest BCUT2D eigenvalue weighted by Crippen LogP contribution is 2.28. The van der Waals surface area contributed by atoms with E-state index in [4.69, 9.17) is 9.47 Å². The molecule has 0 aromatic heterocycles. The topological polar surface area (TPSA) is 61.4 Å². The molecule has 32 heavy (non-hydrogen) atoms. The van der Waals surface area contributed by atoms with E-state index >= 15 is 0 Å². The summed E-state index contributed by atoms with van der Waals surface area (Å²) in [5.74, 6) is 3.08. The Labute approximate surface area is 212 Å². The summed E-state index contributed by atoms with van der Waals surface area (Å²) >= 11 is 0. The van der Waals surface area contributed by atoms with E-state index in [1.165, 1.54) is 5.56 Å². The van der Waals surface area contributed by atoms with Gasteiger partial charge < -0.3 is 25.0 Å². The Bertz CT molecular complexity index is 678. The molecule has 8 heteroatoms. The van der Waals surface area contributed by atoms with Gasteiger partial charge in [0.25, 0.3) is 0 Å². The van der Waals surface area contributed by atoms with Crippen molar-refractivity contribution in [2.45, 2.75) is 39.7 Å². The van der Waals surface area contributed by atoms with Gasteiger partial charge >= 0.3 is 0 Å². The molecule has 2 N–H and O–H groups in total. The first kappa shape index (κ1) is 28.8. The van der Waals surface area contributed by atoms with Crippen molar-refractivity contribution in [2.75, 3.05) is 67.1 Å². The van der Waals surface area contributed by atoms with Crippen LogP contribution >= 0.6 is 24.0 Å². The monoisotopic (exact) mass is 561 g/mol. The van der Waals surface area contributed by atoms with Crippen LogP contribution in [0.1, 0.15) is 32.8 Å². The summed E-state index contributed by atoms with van der Waals surface area (Å²) in [5, 5.41) is 7.01. The van der Waals surface area contributed by atoms with E-state index in [1.54, 1.807) is 7.11 Å². The van der Waals surface area contributed by atoms with Gasteiger partial charge in [0.2, 0.25) is 0 Å². The average molecular weight is 562 g/mol. The van der Waals surface area contributed by atoms with Crippen molar-refractivity contribution in [2.24, 2.45) is 10.9 Å². The SMILES string of the molecule is CCOc1cc(CCCNC(=NC)NCC(C(C)C)N2CCN(C)CC2)ccc1OC.I. The van der Waals surface area contributed by atoms with Crippen molar-refractivity contribution >= 4 is 29.9 Å². The third kappa shape index (κ3) is 9.31. The number of nitrogens with zero attached hydrogens (tertiary/aromatic N) is 3. The zero-order valence-corrected chi connectivity index (χ0v) is 23.1. The zero-order chi connectivity index (χ0) is 22.6. The Kier molecular flexibility index (Phi) is 14.0. The fourth-order valence-electron chi connectivity index (χ4n) is 4.01. The van der Waals surface area contributed by atoms with Crippen LogP contribution in [0.25, 0.3) is 0 Å². The molecular weight excluding hydrogens is 517 g/mol. The number of guanidine groups is 1. The molecule has 1 atom stereocenters. The molecule has 0 amide bonds. The van der Waals surface area contributed by atoms with Crippen LogP contribution in [0.3, 0.4) is 0 Å². The molecular formula is C24H44IN5O2. The zero-order valence-electron chi connectivity index (χ0n) is 20.8. The van der Waals surface area contributed by atoms with Gasteiger partial charge in [0.05, 0.1) is 13.7 Å². The molecule has 0 saturated carbocycles. The van der Waals surface area contributed by atoms with Gasteiger partial charge in [0, 0.05) is 52.4 Å². The molecule has 2 rings (SSSR count). The summed E-state index contributed by atoms with van der Waals surface area (Å²) in [6, 6.07) is 6.69. The minimum absolute atomic E-state index is 0. The molecule has 0 aliphatic carbocycles. The highest BCUT2D eigenvalue weighted by atomic mass is 127. The first-order valence-corrected chi connectivity index (χ1v) is 11.6. The van der Waals surface area contributed by atoms with Gasteiger partial charge in [-0.25, -0.2) is 0 Å². The summed E-state index contributed by atoms with van der Waals surface area (Å²) in [6.45, 7) is 13.6. The van der Waals surface area contributed by atoms with E-state index in [1.807, 2.05) is 20.0 Å². The van der Waals surface area contributed by atoms with Gasteiger partial charge in [-0.15, -0.1) is 24.0 Å². The van der Waals surface area contributed by atoms with Crippen LogP contribution < -0.4 is 20.1 Å². The van der Waals surface area contributed by atoms with Gasteiger partial charge in [-0.2, -0.15) is 0 Å². The quantitative estimate of drug-likeness (QED) is 0.188. The van der Waals surface area contributed by atoms with Crippen LogP contribution in [0.15, 0.2) is 23.2 Å². The Hall–Kier alpha value is -1.26. The van der Waals surface area contributed by atoms with Crippen LogP contribution in [-0.4, -0.2) is 88.9 Å². The van der Waals surface area contributed by atoms with Gasteiger partial charge in [-0.3, -0.25) is 9.89 Å². The number of halogens is 1. The maximum atomic E-state index is 5.68.